The van der Waals surface area contributed by atoms with Crippen molar-refractivity contribution in [3.05, 3.63) is 47.5 Å². The molecule has 0 bridgehead atoms. The van der Waals surface area contributed by atoms with Crippen LogP contribution in [0, 0.1) is 0 Å². The van der Waals surface area contributed by atoms with Crippen molar-refractivity contribution in [3.8, 4) is 0 Å². The number of fused-ring (bicyclic) bond motifs is 1. The topological polar surface area (TPSA) is 80.3 Å². The van der Waals surface area contributed by atoms with Crippen molar-refractivity contribution < 1.29 is 123 Å². The summed E-state index contributed by atoms with van der Waals surface area (Å²) in [7, 11) is 0. The monoisotopic (exact) mass is 292 g/mol. The van der Waals surface area contributed by atoms with Gasteiger partial charge >= 0.3 is 103 Å². The maximum atomic E-state index is 10.8. The number of rotatable bonds is 2. The molecular weight excluding hydrogens is 286 g/mol. The minimum absolute atomic E-state index is 0. The largest absolute Gasteiger partial charge is 1.00 e. The molecule has 0 aromatic heterocycles. The summed E-state index contributed by atoms with van der Waals surface area (Å²) in [6.45, 7) is 0. The van der Waals surface area contributed by atoms with E-state index in [0.717, 1.165) is 0 Å². The molecule has 0 heterocycles. The Labute approximate surface area is 189 Å². The minimum Gasteiger partial charge on any atom is -0.545 e. The van der Waals surface area contributed by atoms with Gasteiger partial charge in [0.15, 0.2) is 0 Å². The summed E-state index contributed by atoms with van der Waals surface area (Å²) in [5.41, 5.74) is -0.0817. The average molecular weight is 292 g/mol. The molecule has 0 amide bonds. The molecule has 2 rings (SSSR count). The van der Waals surface area contributed by atoms with Crippen molar-refractivity contribution >= 4 is 22.7 Å². The first-order valence-electron chi connectivity index (χ1n) is 4.55. The maximum absolute atomic E-state index is 10.8. The summed E-state index contributed by atoms with van der Waals surface area (Å²) in [6, 6.07) is 8.82. The minimum atomic E-state index is -1.34. The van der Waals surface area contributed by atoms with Gasteiger partial charge in [-0.25, -0.2) is 0 Å². The Kier molecular flexibility index (Phi) is 8.67. The molecule has 0 saturated heterocycles. The van der Waals surface area contributed by atoms with Crippen LogP contribution >= 0.6 is 0 Å². The zero-order valence-electron chi connectivity index (χ0n) is 10.1. The van der Waals surface area contributed by atoms with Gasteiger partial charge in [-0.15, -0.1) is 0 Å². The summed E-state index contributed by atoms with van der Waals surface area (Å²) in [6.07, 6.45) is 0. The summed E-state index contributed by atoms with van der Waals surface area (Å²) in [5, 5.41) is 22.5. The Bertz CT molecular complexity index is 596. The van der Waals surface area contributed by atoms with Gasteiger partial charge in [-0.05, 0) is 22.4 Å². The van der Waals surface area contributed by atoms with Crippen LogP contribution in [0.2, 0.25) is 0 Å². The van der Waals surface area contributed by atoms with Crippen molar-refractivity contribution in [3.63, 3.8) is 0 Å². The number of carboxylic acids is 2. The summed E-state index contributed by atoms with van der Waals surface area (Å²) in [4.78, 5) is 21.5. The first-order chi connectivity index (χ1) is 7.59. The Hall–Kier alpha value is 0.913. The molecule has 0 aliphatic heterocycles. The Morgan fingerprint density at radius 1 is 0.889 bits per heavy atom. The van der Waals surface area contributed by atoms with E-state index in [1.807, 2.05) is 0 Å². The van der Waals surface area contributed by atoms with Crippen LogP contribution in [0.1, 0.15) is 20.7 Å². The van der Waals surface area contributed by atoms with E-state index >= 15 is 0 Å². The smallest absolute Gasteiger partial charge is 0.545 e. The molecule has 0 saturated carbocycles. The summed E-state index contributed by atoms with van der Waals surface area (Å²) in [5.74, 6) is -2.67. The van der Waals surface area contributed by atoms with E-state index in [2.05, 4.69) is 0 Å². The number of benzene rings is 2. The molecule has 2 aromatic rings. The third kappa shape index (κ3) is 4.21. The molecule has 4 nitrogen and oxygen atoms in total. The maximum Gasteiger partial charge on any atom is 1.00 e. The third-order valence-corrected chi connectivity index (χ3v) is 2.34. The van der Waals surface area contributed by atoms with E-state index in [4.69, 9.17) is 0 Å². The molecule has 6 heteroatoms. The van der Waals surface area contributed by atoms with E-state index in [1.54, 1.807) is 12.1 Å². The third-order valence-electron chi connectivity index (χ3n) is 2.34. The zero-order chi connectivity index (χ0) is 11.7. The summed E-state index contributed by atoms with van der Waals surface area (Å²) < 4.78 is 0. The molecular formula is C12H6K2O4. The molecule has 0 radical (unpaired) electrons. The Balaban J connectivity index is 0.00000144. The van der Waals surface area contributed by atoms with Gasteiger partial charge in [0.2, 0.25) is 0 Å². The van der Waals surface area contributed by atoms with Gasteiger partial charge in [-0.2, -0.15) is 0 Å². The molecule has 0 fully saturated rings. The van der Waals surface area contributed by atoms with Gasteiger partial charge in [0.05, 0.1) is 11.9 Å². The van der Waals surface area contributed by atoms with Gasteiger partial charge in [-0.3, -0.25) is 0 Å². The quantitative estimate of drug-likeness (QED) is 0.516. The normalized spacial score (nSPS) is 9.11. The van der Waals surface area contributed by atoms with Crippen molar-refractivity contribution in [1.82, 2.24) is 0 Å². The Morgan fingerprint density at radius 2 is 1.56 bits per heavy atom. The van der Waals surface area contributed by atoms with Gasteiger partial charge in [0.25, 0.3) is 0 Å². The SMILES string of the molecule is O=C([O-])c1ccc2cccc(C(=O)[O-])c2c1.[K+].[K+]. The molecule has 0 atom stereocenters. The van der Waals surface area contributed by atoms with Crippen LogP contribution in [0.5, 0.6) is 0 Å². The van der Waals surface area contributed by atoms with E-state index in [9.17, 15) is 19.8 Å². The second kappa shape index (κ2) is 8.26. The fourth-order valence-corrected chi connectivity index (χ4v) is 1.58. The van der Waals surface area contributed by atoms with Crippen LogP contribution in [0.4, 0.5) is 0 Å². The van der Waals surface area contributed by atoms with Crippen molar-refractivity contribution in [2.75, 3.05) is 0 Å². The number of carboxylic acid groups (broad SMARTS) is 2. The molecule has 80 valence electrons. The van der Waals surface area contributed by atoms with Crippen molar-refractivity contribution in [2.24, 2.45) is 0 Å². The number of carbonyl (C=O) groups excluding carboxylic acids is 2. The fourth-order valence-electron chi connectivity index (χ4n) is 1.58. The van der Waals surface area contributed by atoms with Crippen molar-refractivity contribution in [1.29, 1.82) is 0 Å². The molecule has 2 aromatic carbocycles. The van der Waals surface area contributed by atoms with Gasteiger partial charge < -0.3 is 19.8 Å². The van der Waals surface area contributed by atoms with Crippen LogP contribution < -0.4 is 113 Å². The molecule has 0 spiro atoms. The van der Waals surface area contributed by atoms with E-state index in [-0.39, 0.29) is 114 Å². The number of hydrogen-bond acceptors (Lipinski definition) is 4. The molecule has 0 aliphatic carbocycles. The molecule has 18 heavy (non-hydrogen) atoms. The van der Waals surface area contributed by atoms with Crippen LogP contribution in [0.3, 0.4) is 0 Å². The zero-order valence-corrected chi connectivity index (χ0v) is 16.3. The van der Waals surface area contributed by atoms with E-state index < -0.39 is 11.9 Å². The molecule has 0 aliphatic rings. The Morgan fingerprint density at radius 3 is 2.11 bits per heavy atom. The fraction of sp³-hybridized carbons (Fsp3) is 0. The van der Waals surface area contributed by atoms with E-state index in [0.29, 0.717) is 10.8 Å². The molecule has 0 unspecified atom stereocenters. The van der Waals surface area contributed by atoms with Gasteiger partial charge in [0, 0.05) is 5.56 Å². The standard InChI is InChI=1S/C12H8O4.2K/c13-11(14)8-5-4-7-2-1-3-9(12(15)16)10(7)6-8;;/h1-6H,(H,13,14)(H,15,16);;/q;2*+1/p-2. The number of hydrogen-bond donors (Lipinski definition) is 0. The van der Waals surface area contributed by atoms with Gasteiger partial charge in [0.1, 0.15) is 0 Å². The predicted octanol–water partition coefficient (Wildman–Crippen LogP) is -6.43. The first kappa shape index (κ1) is 18.9. The second-order valence-electron chi connectivity index (χ2n) is 3.32. The van der Waals surface area contributed by atoms with Gasteiger partial charge in [-0.1, -0.05) is 30.3 Å². The van der Waals surface area contributed by atoms with Crippen LogP contribution in [0.15, 0.2) is 36.4 Å². The van der Waals surface area contributed by atoms with E-state index in [1.165, 1.54) is 24.3 Å². The van der Waals surface area contributed by atoms with Crippen molar-refractivity contribution in [2.45, 2.75) is 0 Å². The van der Waals surface area contributed by atoms with Crippen LogP contribution in [0.25, 0.3) is 10.8 Å². The predicted molar refractivity (Wildman–Crippen MR) is 52.6 cm³/mol. The van der Waals surface area contributed by atoms with Crippen LogP contribution in [-0.2, 0) is 0 Å². The number of carbonyl (C=O) groups is 2. The second-order valence-corrected chi connectivity index (χ2v) is 3.32. The average Bonchev–Trinajstić information content (AvgIpc) is 2.27. The van der Waals surface area contributed by atoms with Crippen LogP contribution in [-0.4, -0.2) is 11.9 Å². The molecule has 0 N–H and O–H groups in total. The summed E-state index contributed by atoms with van der Waals surface area (Å²) >= 11 is 0. The first-order valence-corrected chi connectivity index (χ1v) is 4.55. The number of aromatic carboxylic acids is 2.